The third kappa shape index (κ3) is 4.92. The van der Waals surface area contributed by atoms with E-state index in [1.807, 2.05) is 28.8 Å². The molecule has 2 aromatic heterocycles. The monoisotopic (exact) mass is 453 g/mol. The van der Waals surface area contributed by atoms with E-state index in [9.17, 15) is 9.18 Å². The molecule has 0 radical (unpaired) electrons. The number of benzene rings is 2. The third-order valence-electron chi connectivity index (χ3n) is 4.44. The number of halogens is 2. The van der Waals surface area contributed by atoms with Gasteiger partial charge in [-0.05, 0) is 61.0 Å². The van der Waals surface area contributed by atoms with Gasteiger partial charge in [-0.3, -0.25) is 14.3 Å². The van der Waals surface area contributed by atoms with Gasteiger partial charge in [0.15, 0.2) is 11.0 Å². The molecule has 0 atom stereocenters. The van der Waals surface area contributed by atoms with E-state index in [-0.39, 0.29) is 17.5 Å². The Hall–Kier alpha value is -3.23. The number of anilines is 1. The van der Waals surface area contributed by atoms with E-state index in [1.165, 1.54) is 17.8 Å². The zero-order valence-corrected chi connectivity index (χ0v) is 18.0. The van der Waals surface area contributed by atoms with Crippen LogP contribution in [-0.2, 0) is 4.79 Å². The first kappa shape index (κ1) is 21.0. The van der Waals surface area contributed by atoms with Crippen LogP contribution < -0.4 is 5.32 Å². The molecule has 31 heavy (non-hydrogen) atoms. The average Bonchev–Trinajstić information content (AvgIpc) is 3.20. The van der Waals surface area contributed by atoms with Crippen molar-refractivity contribution >= 4 is 35.0 Å². The zero-order chi connectivity index (χ0) is 21.8. The van der Waals surface area contributed by atoms with Crippen LogP contribution in [0.2, 0.25) is 5.02 Å². The number of rotatable bonds is 6. The molecule has 1 amide bonds. The summed E-state index contributed by atoms with van der Waals surface area (Å²) in [4.78, 5) is 16.5. The minimum atomic E-state index is -0.366. The van der Waals surface area contributed by atoms with E-state index < -0.39 is 0 Å². The molecule has 156 valence electrons. The maximum atomic E-state index is 13.7. The number of nitrogens with zero attached hydrogens (tertiary/aromatic N) is 4. The van der Waals surface area contributed by atoms with E-state index >= 15 is 0 Å². The van der Waals surface area contributed by atoms with Crippen molar-refractivity contribution in [3.05, 3.63) is 83.4 Å². The Morgan fingerprint density at radius 1 is 1.10 bits per heavy atom. The van der Waals surface area contributed by atoms with Crippen molar-refractivity contribution in [3.63, 3.8) is 0 Å². The number of aryl methyl sites for hydroxylation is 1. The number of hydrogen-bond acceptors (Lipinski definition) is 5. The summed E-state index contributed by atoms with van der Waals surface area (Å²) in [6.07, 6.45) is 3.36. The summed E-state index contributed by atoms with van der Waals surface area (Å²) < 4.78 is 15.6. The van der Waals surface area contributed by atoms with Crippen LogP contribution in [0.15, 0.2) is 72.1 Å². The van der Waals surface area contributed by atoms with Crippen LogP contribution in [-0.4, -0.2) is 31.4 Å². The second-order valence-electron chi connectivity index (χ2n) is 6.65. The van der Waals surface area contributed by atoms with Gasteiger partial charge in [0, 0.05) is 34.4 Å². The van der Waals surface area contributed by atoms with Crippen molar-refractivity contribution in [1.82, 2.24) is 19.7 Å². The molecule has 0 bridgehead atoms. The Bertz CT molecular complexity index is 1210. The van der Waals surface area contributed by atoms with Crippen molar-refractivity contribution in [3.8, 4) is 17.1 Å². The molecule has 1 N–H and O–H groups in total. The predicted octanol–water partition coefficient (Wildman–Crippen LogP) is 5.16. The molecule has 0 saturated carbocycles. The first-order valence-electron chi connectivity index (χ1n) is 9.32. The smallest absolute Gasteiger partial charge is 0.234 e. The van der Waals surface area contributed by atoms with Gasteiger partial charge >= 0.3 is 0 Å². The Kier molecular flexibility index (Phi) is 6.29. The van der Waals surface area contributed by atoms with Gasteiger partial charge in [0.05, 0.1) is 5.75 Å². The molecule has 4 aromatic rings. The number of amides is 1. The number of carbonyl (C=O) groups excluding carboxylic acids is 1. The molecule has 0 aliphatic heterocycles. The molecule has 2 aromatic carbocycles. The van der Waals surface area contributed by atoms with Crippen LogP contribution in [0.5, 0.6) is 0 Å². The van der Waals surface area contributed by atoms with Gasteiger partial charge in [-0.2, -0.15) is 0 Å². The molecule has 0 aliphatic carbocycles. The zero-order valence-electron chi connectivity index (χ0n) is 16.4. The summed E-state index contributed by atoms with van der Waals surface area (Å²) in [6, 6.07) is 15.5. The lowest BCUT2D eigenvalue weighted by Gasteiger charge is -2.11. The fraction of sp³-hybridized carbons (Fsp3) is 0.0909. The summed E-state index contributed by atoms with van der Waals surface area (Å²) in [5, 5.41) is 12.5. The number of hydrogen-bond donors (Lipinski definition) is 1. The predicted molar refractivity (Wildman–Crippen MR) is 120 cm³/mol. The van der Waals surface area contributed by atoms with Crippen molar-refractivity contribution in [2.75, 3.05) is 11.1 Å². The van der Waals surface area contributed by atoms with Crippen LogP contribution in [0.1, 0.15) is 5.56 Å². The lowest BCUT2D eigenvalue weighted by molar-refractivity contribution is -0.113. The van der Waals surface area contributed by atoms with Crippen molar-refractivity contribution in [2.45, 2.75) is 12.1 Å². The molecular formula is C22H17ClFN5OS. The molecule has 4 rings (SSSR count). The van der Waals surface area contributed by atoms with Crippen LogP contribution in [0.25, 0.3) is 17.1 Å². The highest BCUT2D eigenvalue weighted by Crippen LogP contribution is 2.28. The Morgan fingerprint density at radius 3 is 2.55 bits per heavy atom. The number of pyridine rings is 1. The molecule has 6 nitrogen and oxygen atoms in total. The SMILES string of the molecule is Cc1ccc(NC(=O)CSc2nnc(-c3ccncc3)n2-c2ccc(Cl)cc2)cc1F. The van der Waals surface area contributed by atoms with Gasteiger partial charge in [0.2, 0.25) is 5.91 Å². The topological polar surface area (TPSA) is 72.7 Å². The van der Waals surface area contributed by atoms with E-state index in [1.54, 1.807) is 43.6 Å². The molecule has 0 fully saturated rings. The van der Waals surface area contributed by atoms with E-state index in [0.717, 1.165) is 11.3 Å². The second-order valence-corrected chi connectivity index (χ2v) is 8.03. The van der Waals surface area contributed by atoms with Crippen molar-refractivity contribution < 1.29 is 9.18 Å². The van der Waals surface area contributed by atoms with Gasteiger partial charge in [0.25, 0.3) is 0 Å². The number of carbonyl (C=O) groups is 1. The highest BCUT2D eigenvalue weighted by Gasteiger charge is 2.17. The van der Waals surface area contributed by atoms with Gasteiger partial charge < -0.3 is 5.32 Å². The first-order chi connectivity index (χ1) is 15.0. The number of aromatic nitrogens is 4. The van der Waals surface area contributed by atoms with Crippen LogP contribution in [0.4, 0.5) is 10.1 Å². The Balaban J connectivity index is 1.57. The van der Waals surface area contributed by atoms with Gasteiger partial charge in [-0.1, -0.05) is 29.4 Å². The molecule has 2 heterocycles. The highest BCUT2D eigenvalue weighted by molar-refractivity contribution is 7.99. The Morgan fingerprint density at radius 2 is 1.84 bits per heavy atom. The van der Waals surface area contributed by atoms with Crippen LogP contribution >= 0.6 is 23.4 Å². The van der Waals surface area contributed by atoms with Crippen molar-refractivity contribution in [1.29, 1.82) is 0 Å². The molecule has 0 aliphatic rings. The van der Waals surface area contributed by atoms with Crippen LogP contribution in [0, 0.1) is 12.7 Å². The normalized spacial score (nSPS) is 10.8. The molecule has 0 saturated heterocycles. The largest absolute Gasteiger partial charge is 0.325 e. The van der Waals surface area contributed by atoms with E-state index in [2.05, 4.69) is 20.5 Å². The second kappa shape index (κ2) is 9.28. The average molecular weight is 454 g/mol. The summed E-state index contributed by atoms with van der Waals surface area (Å²) >= 11 is 7.27. The summed E-state index contributed by atoms with van der Waals surface area (Å²) in [6.45, 7) is 1.67. The van der Waals surface area contributed by atoms with E-state index in [0.29, 0.717) is 27.3 Å². The minimum Gasteiger partial charge on any atom is -0.325 e. The van der Waals surface area contributed by atoms with E-state index in [4.69, 9.17) is 11.6 Å². The molecule has 0 spiro atoms. The summed E-state index contributed by atoms with van der Waals surface area (Å²) in [5.41, 5.74) is 2.58. The van der Waals surface area contributed by atoms with Gasteiger partial charge in [-0.15, -0.1) is 10.2 Å². The maximum absolute atomic E-state index is 13.7. The fourth-order valence-corrected chi connectivity index (χ4v) is 3.75. The number of thioether (sulfide) groups is 1. The lowest BCUT2D eigenvalue weighted by Crippen LogP contribution is -2.14. The quantitative estimate of drug-likeness (QED) is 0.408. The first-order valence-corrected chi connectivity index (χ1v) is 10.7. The fourth-order valence-electron chi connectivity index (χ4n) is 2.87. The summed E-state index contributed by atoms with van der Waals surface area (Å²) in [5.74, 6) is 0.0601. The maximum Gasteiger partial charge on any atom is 0.234 e. The van der Waals surface area contributed by atoms with Crippen LogP contribution in [0.3, 0.4) is 0 Å². The number of nitrogens with one attached hydrogen (secondary N) is 1. The third-order valence-corrected chi connectivity index (χ3v) is 5.63. The standard InChI is InChI=1S/C22H17ClFN5OS/c1-14-2-5-17(12-19(14)24)26-20(30)13-31-22-28-27-21(15-8-10-25-11-9-15)29(22)18-6-3-16(23)4-7-18/h2-12H,13H2,1H3,(H,26,30). The molecule has 9 heteroatoms. The molecule has 0 unspecified atom stereocenters. The molecular weight excluding hydrogens is 437 g/mol. The van der Waals surface area contributed by atoms with Crippen molar-refractivity contribution in [2.24, 2.45) is 0 Å². The van der Waals surface area contributed by atoms with Gasteiger partial charge in [-0.25, -0.2) is 4.39 Å². The summed E-state index contributed by atoms with van der Waals surface area (Å²) in [7, 11) is 0. The minimum absolute atomic E-state index is 0.0809. The van der Waals surface area contributed by atoms with Gasteiger partial charge in [0.1, 0.15) is 5.82 Å². The highest BCUT2D eigenvalue weighted by atomic mass is 35.5. The Labute approximate surface area is 187 Å². The lowest BCUT2D eigenvalue weighted by atomic mass is 10.2.